The zero-order chi connectivity index (χ0) is 21.6. The number of rotatable bonds is 7. The first kappa shape index (κ1) is 20.5. The van der Waals surface area contributed by atoms with Crippen molar-refractivity contribution in [3.63, 3.8) is 0 Å². The van der Waals surface area contributed by atoms with Crippen LogP contribution < -0.4 is 10.6 Å². The molecule has 4 aliphatic rings. The van der Waals surface area contributed by atoms with Gasteiger partial charge in [0.15, 0.2) is 0 Å². The van der Waals surface area contributed by atoms with Crippen LogP contribution in [-0.2, 0) is 16.0 Å². The predicted octanol–water partition coefficient (Wildman–Crippen LogP) is 3.35. The highest BCUT2D eigenvalue weighted by molar-refractivity contribution is 5.90. The largest absolute Gasteiger partial charge is 0.354 e. The molecule has 1 atom stereocenters. The fourth-order valence-electron chi connectivity index (χ4n) is 6.75. The zero-order valence-electron chi connectivity index (χ0n) is 18.6. The molecular weight excluding hydrogens is 388 g/mol. The maximum absolute atomic E-state index is 13.4. The lowest BCUT2D eigenvalue weighted by atomic mass is 9.49. The minimum atomic E-state index is -0.485. The van der Waals surface area contributed by atoms with Gasteiger partial charge in [0.05, 0.1) is 5.69 Å². The van der Waals surface area contributed by atoms with E-state index in [1.807, 2.05) is 48.8 Å². The maximum Gasteiger partial charge on any atom is 0.242 e. The molecule has 0 radical (unpaired) electrons. The number of imidazole rings is 1. The van der Waals surface area contributed by atoms with Crippen molar-refractivity contribution in [1.29, 1.82) is 0 Å². The number of hydrogen-bond acceptors (Lipinski definition) is 3. The van der Waals surface area contributed by atoms with E-state index in [4.69, 9.17) is 0 Å². The first-order chi connectivity index (χ1) is 14.9. The fraction of sp³-hybridized carbons (Fsp3) is 0.640. The highest BCUT2D eigenvalue weighted by Crippen LogP contribution is 2.60. The average molecular weight is 423 g/mol. The molecule has 0 aliphatic heterocycles. The van der Waals surface area contributed by atoms with Gasteiger partial charge in [-0.1, -0.05) is 19.9 Å². The smallest absolute Gasteiger partial charge is 0.242 e. The maximum atomic E-state index is 13.4. The summed E-state index contributed by atoms with van der Waals surface area (Å²) in [6, 6.07) is 5.42. The van der Waals surface area contributed by atoms with Crippen LogP contribution in [0.15, 0.2) is 30.6 Å². The summed E-state index contributed by atoms with van der Waals surface area (Å²) in [6.07, 6.45) is 11.6. The van der Waals surface area contributed by atoms with Crippen LogP contribution in [0.25, 0.3) is 5.65 Å². The first-order valence-electron chi connectivity index (χ1n) is 11.9. The molecule has 0 saturated heterocycles. The van der Waals surface area contributed by atoms with Crippen molar-refractivity contribution in [3.05, 3.63) is 36.3 Å². The van der Waals surface area contributed by atoms with Crippen molar-refractivity contribution in [2.45, 2.75) is 64.8 Å². The number of carbonyl (C=O) groups excluding carboxylic acids is 2. The molecule has 2 N–H and O–H groups in total. The van der Waals surface area contributed by atoms with Crippen LogP contribution in [0.2, 0.25) is 0 Å². The molecule has 6 rings (SSSR count). The van der Waals surface area contributed by atoms with E-state index in [2.05, 4.69) is 15.6 Å². The second-order valence-electron chi connectivity index (χ2n) is 10.6. The van der Waals surface area contributed by atoms with Gasteiger partial charge in [-0.15, -0.1) is 0 Å². The lowest BCUT2D eigenvalue weighted by Gasteiger charge is -2.55. The van der Waals surface area contributed by atoms with Crippen molar-refractivity contribution in [2.75, 3.05) is 6.54 Å². The number of nitrogens with one attached hydrogen (secondary N) is 2. The Morgan fingerprint density at radius 1 is 1.13 bits per heavy atom. The van der Waals surface area contributed by atoms with Gasteiger partial charge in [0.2, 0.25) is 11.8 Å². The molecule has 31 heavy (non-hydrogen) atoms. The fourth-order valence-corrected chi connectivity index (χ4v) is 6.75. The highest BCUT2D eigenvalue weighted by Gasteiger charge is 2.55. The molecule has 0 unspecified atom stereocenters. The molecule has 4 fully saturated rings. The van der Waals surface area contributed by atoms with E-state index < -0.39 is 6.04 Å². The summed E-state index contributed by atoms with van der Waals surface area (Å²) in [4.78, 5) is 31.0. The van der Waals surface area contributed by atoms with Gasteiger partial charge < -0.3 is 15.0 Å². The first-order valence-corrected chi connectivity index (χ1v) is 11.9. The van der Waals surface area contributed by atoms with E-state index in [9.17, 15) is 9.59 Å². The minimum absolute atomic E-state index is 0.0491. The van der Waals surface area contributed by atoms with E-state index in [0.717, 1.165) is 30.6 Å². The number of carbonyl (C=O) groups is 2. The summed E-state index contributed by atoms with van der Waals surface area (Å²) in [7, 11) is 0. The normalized spacial score (nSPS) is 30.0. The van der Waals surface area contributed by atoms with E-state index in [1.165, 1.54) is 19.3 Å². The van der Waals surface area contributed by atoms with Gasteiger partial charge in [0.25, 0.3) is 0 Å². The molecule has 4 saturated carbocycles. The number of nitrogens with zero attached hydrogens (tertiary/aromatic N) is 2. The summed E-state index contributed by atoms with van der Waals surface area (Å²) < 4.78 is 1.99. The van der Waals surface area contributed by atoms with Crippen LogP contribution in [0.4, 0.5) is 0 Å². The summed E-state index contributed by atoms with van der Waals surface area (Å²) in [6.45, 7) is 4.53. The van der Waals surface area contributed by atoms with E-state index in [-0.39, 0.29) is 23.1 Å². The number of pyridine rings is 1. The molecule has 4 aliphatic carbocycles. The van der Waals surface area contributed by atoms with Crippen LogP contribution >= 0.6 is 0 Å². The Hall–Kier alpha value is -2.37. The number of amides is 2. The van der Waals surface area contributed by atoms with Crippen LogP contribution in [0.5, 0.6) is 0 Å². The standard InChI is InChI=1S/C25H34N4O2/c1-16(2)22(23(30)26-7-6-20-15-29-8-4-3-5-21(29)27-20)28-24(31)25-12-17-9-18(13-25)11-19(10-17)14-25/h3-5,8,15-19,22H,6-7,9-14H2,1-2H3,(H,26,30)(H,28,31)/t17?,18?,19?,22-,25?/m0/s1. The Bertz CT molecular complexity index is 911. The molecule has 2 aromatic rings. The van der Waals surface area contributed by atoms with Crippen molar-refractivity contribution in [1.82, 2.24) is 20.0 Å². The van der Waals surface area contributed by atoms with Crippen molar-refractivity contribution in [3.8, 4) is 0 Å². The average Bonchev–Trinajstić information content (AvgIpc) is 3.13. The van der Waals surface area contributed by atoms with Gasteiger partial charge in [0, 0.05) is 30.8 Å². The molecule has 4 bridgehead atoms. The molecule has 2 amide bonds. The van der Waals surface area contributed by atoms with Crippen LogP contribution in [0.3, 0.4) is 0 Å². The van der Waals surface area contributed by atoms with E-state index in [0.29, 0.717) is 30.7 Å². The summed E-state index contributed by atoms with van der Waals surface area (Å²) in [5.41, 5.74) is 1.63. The number of hydrogen-bond donors (Lipinski definition) is 2. The molecule has 6 heteroatoms. The zero-order valence-corrected chi connectivity index (χ0v) is 18.6. The Kier molecular flexibility index (Phi) is 5.27. The van der Waals surface area contributed by atoms with Gasteiger partial charge in [-0.05, 0) is 74.3 Å². The predicted molar refractivity (Wildman–Crippen MR) is 119 cm³/mol. The SMILES string of the molecule is CC(C)[C@H](NC(=O)C12CC3CC(CC(C3)C1)C2)C(=O)NCCc1cn2ccccc2n1. The molecule has 0 aromatic carbocycles. The Morgan fingerprint density at radius 2 is 1.81 bits per heavy atom. The van der Waals surface area contributed by atoms with Gasteiger partial charge >= 0.3 is 0 Å². The second kappa shape index (κ2) is 7.95. The van der Waals surface area contributed by atoms with Gasteiger partial charge in [-0.25, -0.2) is 4.98 Å². The van der Waals surface area contributed by atoms with Gasteiger partial charge in [-0.2, -0.15) is 0 Å². The topological polar surface area (TPSA) is 75.5 Å². The van der Waals surface area contributed by atoms with Crippen molar-refractivity contribution < 1.29 is 9.59 Å². The van der Waals surface area contributed by atoms with E-state index >= 15 is 0 Å². The number of fused-ring (bicyclic) bond motifs is 1. The molecule has 6 nitrogen and oxygen atoms in total. The van der Waals surface area contributed by atoms with E-state index in [1.54, 1.807) is 0 Å². The van der Waals surface area contributed by atoms with Crippen LogP contribution in [0.1, 0.15) is 58.1 Å². The lowest BCUT2D eigenvalue weighted by Crippen LogP contribution is -2.58. The number of aromatic nitrogens is 2. The molecule has 2 heterocycles. The Morgan fingerprint density at radius 3 is 2.42 bits per heavy atom. The summed E-state index contributed by atoms with van der Waals surface area (Å²) >= 11 is 0. The van der Waals surface area contributed by atoms with Crippen LogP contribution in [0, 0.1) is 29.1 Å². The monoisotopic (exact) mass is 422 g/mol. The third-order valence-electron chi connectivity index (χ3n) is 7.85. The van der Waals surface area contributed by atoms with Gasteiger partial charge in [-0.3, -0.25) is 9.59 Å². The van der Waals surface area contributed by atoms with Crippen LogP contribution in [-0.4, -0.2) is 33.8 Å². The minimum Gasteiger partial charge on any atom is -0.354 e. The second-order valence-corrected chi connectivity index (χ2v) is 10.6. The summed E-state index contributed by atoms with van der Waals surface area (Å²) in [5.74, 6) is 2.24. The quantitative estimate of drug-likeness (QED) is 0.719. The van der Waals surface area contributed by atoms with Crippen molar-refractivity contribution in [2.24, 2.45) is 29.1 Å². The molecule has 0 spiro atoms. The lowest BCUT2D eigenvalue weighted by molar-refractivity contribution is -0.149. The third-order valence-corrected chi connectivity index (χ3v) is 7.85. The molecular formula is C25H34N4O2. The Balaban J connectivity index is 1.19. The summed E-state index contributed by atoms with van der Waals surface area (Å²) in [5, 5.41) is 6.21. The molecule has 166 valence electrons. The molecule has 2 aromatic heterocycles. The highest BCUT2D eigenvalue weighted by atomic mass is 16.2. The van der Waals surface area contributed by atoms with Crippen molar-refractivity contribution >= 4 is 17.5 Å². The van der Waals surface area contributed by atoms with Gasteiger partial charge in [0.1, 0.15) is 11.7 Å². The Labute approximate surface area is 184 Å². The third kappa shape index (κ3) is 3.97.